The maximum Gasteiger partial charge on any atom is 0.340 e. The van der Waals surface area contributed by atoms with Gasteiger partial charge in [0.1, 0.15) is 16.9 Å². The van der Waals surface area contributed by atoms with Crippen molar-refractivity contribution in [1.29, 1.82) is 0 Å². The highest BCUT2D eigenvalue weighted by Gasteiger charge is 2.20. The Hall–Kier alpha value is -4.11. The van der Waals surface area contributed by atoms with E-state index in [1.54, 1.807) is 12.1 Å². The molecule has 2 heterocycles. The van der Waals surface area contributed by atoms with Crippen LogP contribution in [-0.2, 0) is 10.1 Å². The molecule has 0 N–H and O–H groups in total. The molecule has 2 aromatic heterocycles. The third kappa shape index (κ3) is 3.38. The number of aromatic nitrogens is 2. The van der Waals surface area contributed by atoms with Gasteiger partial charge in [0.2, 0.25) is 0 Å². The van der Waals surface area contributed by atoms with Gasteiger partial charge in [0.05, 0.1) is 18.3 Å². The fourth-order valence-corrected chi connectivity index (χ4v) is 4.49. The van der Waals surface area contributed by atoms with Crippen molar-refractivity contribution in [3.8, 4) is 17.3 Å². The molecule has 0 aliphatic rings. The summed E-state index contributed by atoms with van der Waals surface area (Å²) in [6.45, 7) is 0. The van der Waals surface area contributed by atoms with Gasteiger partial charge in [-0.25, -0.2) is 0 Å². The molecule has 0 radical (unpaired) electrons. The zero-order chi connectivity index (χ0) is 22.3. The first-order chi connectivity index (χ1) is 15.5. The third-order valence-electron chi connectivity index (χ3n) is 5.05. The quantitative estimate of drug-likeness (QED) is 0.376. The Kier molecular flexibility index (Phi) is 4.67. The second-order valence-corrected chi connectivity index (χ2v) is 8.52. The second kappa shape index (κ2) is 7.54. The molecule has 5 aromatic rings. The van der Waals surface area contributed by atoms with E-state index >= 15 is 0 Å². The fourth-order valence-electron chi connectivity index (χ4n) is 3.58. The summed E-state index contributed by atoms with van der Waals surface area (Å²) in [6.07, 6.45) is 1.21. The molecule has 0 saturated heterocycles. The van der Waals surface area contributed by atoms with Crippen LogP contribution in [0.1, 0.15) is 0 Å². The normalized spacial score (nSPS) is 11.7. The lowest BCUT2D eigenvalue weighted by Crippen LogP contribution is -2.18. The minimum absolute atomic E-state index is 0.0799. The molecule has 0 aliphatic heterocycles. The van der Waals surface area contributed by atoms with Crippen LogP contribution in [0, 0.1) is 0 Å². The highest BCUT2D eigenvalue weighted by atomic mass is 32.2. The van der Waals surface area contributed by atoms with Crippen molar-refractivity contribution in [1.82, 2.24) is 9.72 Å². The van der Waals surface area contributed by atoms with E-state index in [2.05, 4.69) is 9.68 Å². The van der Waals surface area contributed by atoms with Crippen molar-refractivity contribution in [2.45, 2.75) is 4.90 Å². The molecule has 0 aliphatic carbocycles. The Bertz CT molecular complexity index is 1620. The number of hydrogen-bond acceptors (Lipinski definition) is 7. The first kappa shape index (κ1) is 19.8. The van der Waals surface area contributed by atoms with E-state index in [9.17, 15) is 13.2 Å². The van der Waals surface area contributed by atoms with E-state index in [1.165, 1.54) is 42.2 Å². The molecule has 0 atom stereocenters. The second-order valence-electron chi connectivity index (χ2n) is 6.97. The third-order valence-corrected chi connectivity index (χ3v) is 6.27. The van der Waals surface area contributed by atoms with Crippen molar-refractivity contribution < 1.29 is 21.9 Å². The Labute approximate surface area is 182 Å². The lowest BCUT2D eigenvalue weighted by Gasteiger charge is -2.15. The van der Waals surface area contributed by atoms with Crippen molar-refractivity contribution in [2.75, 3.05) is 7.11 Å². The zero-order valence-electron chi connectivity index (χ0n) is 16.8. The number of benzene rings is 3. The Morgan fingerprint density at radius 1 is 0.906 bits per heavy atom. The van der Waals surface area contributed by atoms with Crippen LogP contribution in [0.3, 0.4) is 0 Å². The van der Waals surface area contributed by atoms with Crippen LogP contribution < -0.4 is 14.5 Å². The number of hydrogen-bond donors (Lipinski definition) is 0. The van der Waals surface area contributed by atoms with Crippen molar-refractivity contribution in [3.63, 3.8) is 0 Å². The van der Waals surface area contributed by atoms with Gasteiger partial charge in [0.25, 0.3) is 11.4 Å². The molecule has 0 fully saturated rings. The molecule has 5 rings (SSSR count). The van der Waals surface area contributed by atoms with Gasteiger partial charge in [-0.3, -0.25) is 9.36 Å². The van der Waals surface area contributed by atoms with Crippen LogP contribution in [0.4, 0.5) is 0 Å². The molecule has 8 nitrogen and oxygen atoms in total. The summed E-state index contributed by atoms with van der Waals surface area (Å²) in [7, 11) is -2.60. The van der Waals surface area contributed by atoms with Crippen LogP contribution >= 0.6 is 0 Å². The SMILES string of the molecule is COc1cc2ccccc2cc1-n1c(=O)ccc2cc(S(=O)(=O)Oc3ccon3)ccc21. The minimum atomic E-state index is -4.14. The largest absolute Gasteiger partial charge is 0.495 e. The van der Waals surface area contributed by atoms with Gasteiger partial charge in [-0.2, -0.15) is 8.42 Å². The average molecular weight is 448 g/mol. The molecule has 0 amide bonds. The Morgan fingerprint density at radius 3 is 2.41 bits per heavy atom. The predicted octanol–water partition coefficient (Wildman–Crippen LogP) is 3.91. The van der Waals surface area contributed by atoms with Gasteiger partial charge in [-0.05, 0) is 52.3 Å². The lowest BCUT2D eigenvalue weighted by molar-refractivity contribution is 0.383. The van der Waals surface area contributed by atoms with Crippen molar-refractivity contribution in [3.05, 3.63) is 89.4 Å². The highest BCUT2D eigenvalue weighted by molar-refractivity contribution is 7.87. The standard InChI is InChI=1S/C23H16N2O6S/c1-29-21-14-16-5-3-2-4-15(16)13-20(21)25-19-8-7-18(12-17(19)6-9-23(25)26)32(27,28)31-22-10-11-30-24-22/h2-14H,1H3. The zero-order valence-corrected chi connectivity index (χ0v) is 17.6. The summed E-state index contributed by atoms with van der Waals surface area (Å²) in [4.78, 5) is 12.8. The molecular weight excluding hydrogens is 432 g/mol. The number of fused-ring (bicyclic) bond motifs is 2. The number of pyridine rings is 1. The summed E-state index contributed by atoms with van der Waals surface area (Å²) < 4.78 is 41.9. The molecule has 0 spiro atoms. The summed E-state index contributed by atoms with van der Waals surface area (Å²) in [6, 6.07) is 20.1. The summed E-state index contributed by atoms with van der Waals surface area (Å²) >= 11 is 0. The number of ether oxygens (including phenoxy) is 1. The first-order valence-electron chi connectivity index (χ1n) is 9.54. The van der Waals surface area contributed by atoms with Crippen molar-refractivity contribution >= 4 is 31.8 Å². The van der Waals surface area contributed by atoms with Crippen LogP contribution in [-0.4, -0.2) is 25.3 Å². The molecule has 9 heteroatoms. The van der Waals surface area contributed by atoms with Gasteiger partial charge in [-0.1, -0.05) is 24.3 Å². The Balaban J connectivity index is 1.69. The number of methoxy groups -OCH3 is 1. The van der Waals surface area contributed by atoms with Crippen LogP contribution in [0.2, 0.25) is 0 Å². The fraction of sp³-hybridized carbons (Fsp3) is 0.0435. The van der Waals surface area contributed by atoms with Gasteiger partial charge in [0, 0.05) is 17.5 Å². The van der Waals surface area contributed by atoms with Gasteiger partial charge < -0.3 is 13.4 Å². The summed E-state index contributed by atoms with van der Waals surface area (Å²) in [5, 5.41) is 5.90. The van der Waals surface area contributed by atoms with E-state index in [4.69, 9.17) is 8.92 Å². The van der Waals surface area contributed by atoms with Gasteiger partial charge in [0.15, 0.2) is 0 Å². The monoisotopic (exact) mass is 448 g/mol. The van der Waals surface area contributed by atoms with E-state index in [-0.39, 0.29) is 16.3 Å². The summed E-state index contributed by atoms with van der Waals surface area (Å²) in [5.74, 6) is 0.348. The number of nitrogens with zero attached hydrogens (tertiary/aromatic N) is 2. The average Bonchev–Trinajstić information content (AvgIpc) is 3.30. The van der Waals surface area contributed by atoms with Crippen molar-refractivity contribution in [2.24, 2.45) is 0 Å². The molecular formula is C23H16N2O6S. The smallest absolute Gasteiger partial charge is 0.340 e. The maximum atomic E-state index is 12.9. The minimum Gasteiger partial charge on any atom is -0.495 e. The Morgan fingerprint density at radius 2 is 1.69 bits per heavy atom. The van der Waals surface area contributed by atoms with E-state index in [0.29, 0.717) is 22.3 Å². The van der Waals surface area contributed by atoms with Gasteiger partial charge in [-0.15, -0.1) is 0 Å². The molecule has 0 bridgehead atoms. The molecule has 0 saturated carbocycles. The molecule has 160 valence electrons. The highest BCUT2D eigenvalue weighted by Crippen LogP contribution is 2.31. The predicted molar refractivity (Wildman–Crippen MR) is 118 cm³/mol. The van der Waals surface area contributed by atoms with E-state index < -0.39 is 10.1 Å². The molecule has 0 unspecified atom stereocenters. The first-order valence-corrected chi connectivity index (χ1v) is 10.9. The lowest BCUT2D eigenvalue weighted by atomic mass is 10.1. The topological polar surface area (TPSA) is 101 Å². The van der Waals surface area contributed by atoms with Crippen LogP contribution in [0.5, 0.6) is 11.6 Å². The van der Waals surface area contributed by atoms with Gasteiger partial charge >= 0.3 is 10.1 Å². The van der Waals surface area contributed by atoms with E-state index in [1.807, 2.05) is 36.4 Å². The van der Waals surface area contributed by atoms with Crippen LogP contribution in [0.25, 0.3) is 27.4 Å². The number of rotatable bonds is 5. The summed E-state index contributed by atoms with van der Waals surface area (Å²) in [5.41, 5.74) is 0.795. The molecule has 3 aromatic carbocycles. The maximum absolute atomic E-state index is 12.9. The molecule has 32 heavy (non-hydrogen) atoms. The van der Waals surface area contributed by atoms with E-state index in [0.717, 1.165) is 10.8 Å². The van der Waals surface area contributed by atoms with Crippen LogP contribution in [0.15, 0.2) is 93.3 Å².